The Morgan fingerprint density at radius 3 is 2.41 bits per heavy atom. The van der Waals surface area contributed by atoms with E-state index in [0.717, 1.165) is 19.1 Å². The van der Waals surface area contributed by atoms with Crippen LogP contribution < -0.4 is 0 Å². The minimum Gasteiger partial charge on any atom is -0.450 e. The maximum atomic E-state index is 11.4. The van der Waals surface area contributed by atoms with Crippen molar-refractivity contribution >= 4 is 16.2 Å². The number of carbonyl (C=O) groups is 1. The van der Waals surface area contributed by atoms with Crippen LogP contribution in [-0.4, -0.2) is 52.0 Å². The first-order chi connectivity index (χ1) is 7.92. The third kappa shape index (κ3) is 5.36. The number of nitrogens with zero attached hydrogens (tertiary/aromatic N) is 1. The third-order valence-electron chi connectivity index (χ3n) is 2.66. The molecular weight excluding hydrogens is 246 g/mol. The number of piperidine rings is 1. The largest absolute Gasteiger partial charge is 0.450 e. The molecule has 0 bridgehead atoms. The minimum atomic E-state index is -3.37. The molecule has 0 radical (unpaired) electrons. The zero-order valence-electron chi connectivity index (χ0n) is 10.2. The van der Waals surface area contributed by atoms with Crippen molar-refractivity contribution in [3.8, 4) is 0 Å². The molecule has 1 heterocycles. The molecule has 1 amide bonds. The molecule has 6 nitrogen and oxygen atoms in total. The van der Waals surface area contributed by atoms with E-state index in [1.807, 2.05) is 0 Å². The van der Waals surface area contributed by atoms with E-state index in [4.69, 9.17) is 8.92 Å². The number of hydrogen-bond acceptors (Lipinski definition) is 5. The second kappa shape index (κ2) is 6.20. The van der Waals surface area contributed by atoms with Crippen LogP contribution in [0.15, 0.2) is 0 Å². The first kappa shape index (κ1) is 14.2. The normalized spacial score (nSPS) is 18.1. The van der Waals surface area contributed by atoms with Gasteiger partial charge in [0.15, 0.2) is 0 Å². The summed E-state index contributed by atoms with van der Waals surface area (Å²) in [6, 6.07) is 0. The number of rotatable bonds is 4. The molecule has 0 aromatic carbocycles. The fourth-order valence-corrected chi connectivity index (χ4v) is 2.16. The second-order valence-corrected chi connectivity index (χ2v) is 5.76. The Bertz CT molecular complexity index is 346. The molecule has 1 rings (SSSR count). The standard InChI is InChI=1S/C10H19NO5S/c1-3-15-10(12)11-6-4-9(5-7-11)8-16-17(2,13)14/h9H,3-8H2,1-2H3. The van der Waals surface area contributed by atoms with Crippen molar-refractivity contribution in [2.45, 2.75) is 19.8 Å². The van der Waals surface area contributed by atoms with Gasteiger partial charge in [-0.05, 0) is 25.7 Å². The minimum absolute atomic E-state index is 0.190. The molecular formula is C10H19NO5S. The third-order valence-corrected chi connectivity index (χ3v) is 3.22. The van der Waals surface area contributed by atoms with E-state index in [9.17, 15) is 13.2 Å². The van der Waals surface area contributed by atoms with E-state index >= 15 is 0 Å². The summed E-state index contributed by atoms with van der Waals surface area (Å²) in [5.41, 5.74) is 0. The molecule has 7 heteroatoms. The molecule has 17 heavy (non-hydrogen) atoms. The smallest absolute Gasteiger partial charge is 0.409 e. The van der Waals surface area contributed by atoms with E-state index in [-0.39, 0.29) is 18.6 Å². The highest BCUT2D eigenvalue weighted by atomic mass is 32.2. The Morgan fingerprint density at radius 2 is 1.94 bits per heavy atom. The Hall–Kier alpha value is -0.820. The lowest BCUT2D eigenvalue weighted by molar-refractivity contribution is 0.0850. The second-order valence-electron chi connectivity index (χ2n) is 4.12. The van der Waals surface area contributed by atoms with Crippen LogP contribution in [0.1, 0.15) is 19.8 Å². The average Bonchev–Trinajstić information content (AvgIpc) is 2.26. The van der Waals surface area contributed by atoms with Crippen molar-refractivity contribution in [2.75, 3.05) is 32.6 Å². The summed E-state index contributed by atoms with van der Waals surface area (Å²) in [4.78, 5) is 13.0. The molecule has 1 saturated heterocycles. The molecule has 1 fully saturated rings. The average molecular weight is 265 g/mol. The van der Waals surface area contributed by atoms with Crippen LogP contribution in [-0.2, 0) is 19.0 Å². The van der Waals surface area contributed by atoms with Gasteiger partial charge in [0.25, 0.3) is 10.1 Å². The first-order valence-corrected chi connectivity index (χ1v) is 7.50. The predicted molar refractivity (Wildman–Crippen MR) is 62.1 cm³/mol. The Morgan fingerprint density at radius 1 is 1.35 bits per heavy atom. The number of likely N-dealkylation sites (tertiary alicyclic amines) is 1. The van der Waals surface area contributed by atoms with Crippen molar-refractivity contribution in [1.82, 2.24) is 4.90 Å². The monoisotopic (exact) mass is 265 g/mol. The summed E-state index contributed by atoms with van der Waals surface area (Å²) in [6.45, 7) is 3.53. The van der Waals surface area contributed by atoms with E-state index in [2.05, 4.69) is 0 Å². The highest BCUT2D eigenvalue weighted by Gasteiger charge is 2.24. The highest BCUT2D eigenvalue weighted by molar-refractivity contribution is 7.85. The van der Waals surface area contributed by atoms with Crippen LogP contribution in [0.3, 0.4) is 0 Å². The summed E-state index contributed by atoms with van der Waals surface area (Å²) in [5.74, 6) is 0.190. The highest BCUT2D eigenvalue weighted by Crippen LogP contribution is 2.18. The summed E-state index contributed by atoms with van der Waals surface area (Å²) in [5, 5.41) is 0. The predicted octanol–water partition coefficient (Wildman–Crippen LogP) is 0.831. The summed E-state index contributed by atoms with van der Waals surface area (Å²) in [6.07, 6.45) is 2.23. The van der Waals surface area contributed by atoms with Gasteiger partial charge in [-0.15, -0.1) is 0 Å². The number of amides is 1. The van der Waals surface area contributed by atoms with Gasteiger partial charge < -0.3 is 9.64 Å². The molecule has 0 N–H and O–H groups in total. The molecule has 0 unspecified atom stereocenters. The maximum absolute atomic E-state index is 11.4. The van der Waals surface area contributed by atoms with Crippen LogP contribution in [0, 0.1) is 5.92 Å². The van der Waals surface area contributed by atoms with Crippen LogP contribution in [0.4, 0.5) is 4.79 Å². The zero-order valence-corrected chi connectivity index (χ0v) is 11.0. The number of hydrogen-bond donors (Lipinski definition) is 0. The fraction of sp³-hybridized carbons (Fsp3) is 0.900. The first-order valence-electron chi connectivity index (χ1n) is 5.68. The van der Waals surface area contributed by atoms with Gasteiger partial charge in [0.2, 0.25) is 0 Å². The summed E-state index contributed by atoms with van der Waals surface area (Å²) in [7, 11) is -3.37. The fourth-order valence-electron chi connectivity index (χ4n) is 1.72. The molecule has 0 spiro atoms. The Balaban J connectivity index is 2.28. The summed E-state index contributed by atoms with van der Waals surface area (Å²) >= 11 is 0. The lowest BCUT2D eigenvalue weighted by Crippen LogP contribution is -2.39. The van der Waals surface area contributed by atoms with Gasteiger partial charge in [-0.2, -0.15) is 8.42 Å². The van der Waals surface area contributed by atoms with E-state index in [1.54, 1.807) is 11.8 Å². The lowest BCUT2D eigenvalue weighted by atomic mass is 9.98. The van der Waals surface area contributed by atoms with E-state index in [1.165, 1.54) is 0 Å². The molecule has 0 aliphatic carbocycles. The molecule has 1 aliphatic rings. The maximum Gasteiger partial charge on any atom is 0.409 e. The van der Waals surface area contributed by atoms with Gasteiger partial charge in [-0.1, -0.05) is 0 Å². The molecule has 1 aliphatic heterocycles. The van der Waals surface area contributed by atoms with E-state index in [0.29, 0.717) is 19.7 Å². The summed E-state index contributed by atoms with van der Waals surface area (Å²) < 4.78 is 31.3. The molecule has 0 aromatic heterocycles. The van der Waals surface area contributed by atoms with Crippen molar-refractivity contribution < 1.29 is 22.1 Å². The van der Waals surface area contributed by atoms with Gasteiger partial charge >= 0.3 is 6.09 Å². The number of ether oxygens (including phenoxy) is 1. The van der Waals surface area contributed by atoms with Crippen LogP contribution >= 0.6 is 0 Å². The molecule has 0 saturated carbocycles. The van der Waals surface area contributed by atoms with Crippen LogP contribution in [0.2, 0.25) is 0 Å². The van der Waals surface area contributed by atoms with Crippen molar-refractivity contribution in [2.24, 2.45) is 5.92 Å². The van der Waals surface area contributed by atoms with Crippen molar-refractivity contribution in [3.63, 3.8) is 0 Å². The van der Waals surface area contributed by atoms with Crippen molar-refractivity contribution in [3.05, 3.63) is 0 Å². The molecule has 100 valence electrons. The molecule has 0 atom stereocenters. The van der Waals surface area contributed by atoms with Crippen molar-refractivity contribution in [1.29, 1.82) is 0 Å². The molecule has 0 aromatic rings. The lowest BCUT2D eigenvalue weighted by Gasteiger charge is -2.30. The van der Waals surface area contributed by atoms with E-state index < -0.39 is 10.1 Å². The van der Waals surface area contributed by atoms with Crippen LogP contribution in [0.25, 0.3) is 0 Å². The topological polar surface area (TPSA) is 72.9 Å². The Kier molecular flexibility index (Phi) is 5.20. The van der Waals surface area contributed by atoms with Gasteiger partial charge in [0.05, 0.1) is 19.5 Å². The van der Waals surface area contributed by atoms with Gasteiger partial charge in [-0.25, -0.2) is 4.79 Å². The SMILES string of the molecule is CCOC(=O)N1CCC(COS(C)(=O)=O)CC1. The zero-order chi connectivity index (χ0) is 12.9. The number of carbonyl (C=O) groups excluding carboxylic acids is 1. The quantitative estimate of drug-likeness (QED) is 0.704. The van der Waals surface area contributed by atoms with Gasteiger partial charge in [0, 0.05) is 13.1 Å². The van der Waals surface area contributed by atoms with Gasteiger partial charge in [-0.3, -0.25) is 4.18 Å². The van der Waals surface area contributed by atoms with Gasteiger partial charge in [0.1, 0.15) is 0 Å². The van der Waals surface area contributed by atoms with Crippen LogP contribution in [0.5, 0.6) is 0 Å². The Labute approximate surface area is 102 Å².